The van der Waals surface area contributed by atoms with Gasteiger partial charge in [0.2, 0.25) is 5.91 Å². The van der Waals surface area contributed by atoms with Crippen LogP contribution in [0.15, 0.2) is 12.1 Å². The molecule has 1 aromatic heterocycles. The summed E-state index contributed by atoms with van der Waals surface area (Å²) in [4.78, 5) is 13.1. The predicted molar refractivity (Wildman–Crippen MR) is 77.9 cm³/mol. The Morgan fingerprint density at radius 3 is 2.20 bits per heavy atom. The van der Waals surface area contributed by atoms with Gasteiger partial charge in [0.05, 0.1) is 29.1 Å². The number of thiophene rings is 1. The molecule has 0 aliphatic rings. The number of nitrogens with one attached hydrogen (secondary N) is 1. The Hall–Kier alpha value is -0.960. The Morgan fingerprint density at radius 2 is 1.85 bits per heavy atom. The maximum Gasteiger partial charge on any atom is 0.216 e. The molecule has 0 saturated carbocycles. The molecule has 1 amide bonds. The van der Waals surface area contributed by atoms with Crippen LogP contribution in [-0.2, 0) is 19.6 Å². The Bertz CT molecular complexity index is 479. The summed E-state index contributed by atoms with van der Waals surface area (Å²) in [5.74, 6) is -0.715. The van der Waals surface area contributed by atoms with Crippen LogP contribution in [0.5, 0.6) is 0 Å². The first kappa shape index (κ1) is 19.0. The Kier molecular flexibility index (Phi) is 9.39. The molecule has 0 spiro atoms. The molecule has 0 fully saturated rings. The lowest BCUT2D eigenvalue weighted by atomic mass is 10.5. The zero-order valence-electron chi connectivity index (χ0n) is 11.8. The highest BCUT2D eigenvalue weighted by atomic mass is 32.2. The van der Waals surface area contributed by atoms with Gasteiger partial charge >= 0.3 is 0 Å². The van der Waals surface area contributed by atoms with Crippen LogP contribution in [-0.4, -0.2) is 44.4 Å². The molecular formula is C12H20NO5S2-. The summed E-state index contributed by atoms with van der Waals surface area (Å²) in [5.41, 5.74) is 0. The second-order valence-electron chi connectivity index (χ2n) is 4.01. The van der Waals surface area contributed by atoms with Crippen LogP contribution in [0.4, 0.5) is 0 Å². The van der Waals surface area contributed by atoms with Crippen LogP contribution in [0.25, 0.3) is 0 Å². The van der Waals surface area contributed by atoms with Gasteiger partial charge < -0.3 is 14.6 Å². The third-order valence-electron chi connectivity index (χ3n) is 1.97. The quantitative estimate of drug-likeness (QED) is 0.624. The number of amides is 1. The molecule has 0 bridgehead atoms. The van der Waals surface area contributed by atoms with Crippen LogP contribution >= 0.6 is 11.3 Å². The summed E-state index contributed by atoms with van der Waals surface area (Å²) < 4.78 is 35.0. The molecule has 1 N–H and O–H groups in total. The molecular weight excluding hydrogens is 302 g/mol. The number of rotatable bonds is 6. The van der Waals surface area contributed by atoms with Gasteiger partial charge in [-0.1, -0.05) is 0 Å². The van der Waals surface area contributed by atoms with E-state index in [1.54, 1.807) is 0 Å². The average molecular weight is 322 g/mol. The number of hydrogen-bond acceptors (Lipinski definition) is 6. The fourth-order valence-corrected chi connectivity index (χ4v) is 2.22. The monoisotopic (exact) mass is 322 g/mol. The first-order valence-electron chi connectivity index (χ1n) is 5.99. The van der Waals surface area contributed by atoms with Crippen molar-refractivity contribution in [1.82, 2.24) is 5.32 Å². The van der Waals surface area contributed by atoms with E-state index in [1.165, 1.54) is 16.7 Å². The van der Waals surface area contributed by atoms with Crippen molar-refractivity contribution in [3.05, 3.63) is 21.9 Å². The summed E-state index contributed by atoms with van der Waals surface area (Å²) in [7, 11) is -4.19. The molecule has 0 radical (unpaired) electrons. The van der Waals surface area contributed by atoms with Gasteiger partial charge in [-0.2, -0.15) is 0 Å². The zero-order chi connectivity index (χ0) is 15.6. The number of hydrogen-bond donors (Lipinski definition) is 1. The van der Waals surface area contributed by atoms with E-state index >= 15 is 0 Å². The van der Waals surface area contributed by atoms with E-state index in [0.717, 1.165) is 0 Å². The van der Waals surface area contributed by atoms with Gasteiger partial charge in [0.1, 0.15) is 0 Å². The maximum absolute atomic E-state index is 10.3. The Balaban J connectivity index is 0.000000428. The first-order chi connectivity index (χ1) is 9.20. The van der Waals surface area contributed by atoms with Gasteiger partial charge in [0.15, 0.2) is 0 Å². The lowest BCUT2D eigenvalue weighted by Crippen LogP contribution is -2.25. The minimum Gasteiger partial charge on any atom is -0.748 e. The molecule has 116 valence electrons. The SMILES string of the molecule is CC(=O)NCCOCCS(=O)(=O)[O-].Cc1ccc(C)s1. The molecule has 0 aliphatic heterocycles. The summed E-state index contributed by atoms with van der Waals surface area (Å²) in [5, 5.41) is 2.45. The number of carbonyl (C=O) groups excluding carboxylic acids is 1. The van der Waals surface area contributed by atoms with Crippen LogP contribution < -0.4 is 5.32 Å². The lowest BCUT2D eigenvalue weighted by molar-refractivity contribution is -0.119. The molecule has 0 aliphatic carbocycles. The second kappa shape index (κ2) is 9.87. The number of carbonyl (C=O) groups is 1. The molecule has 0 saturated heterocycles. The van der Waals surface area contributed by atoms with Crippen molar-refractivity contribution in [1.29, 1.82) is 0 Å². The highest BCUT2D eigenvalue weighted by Crippen LogP contribution is 2.12. The van der Waals surface area contributed by atoms with Gasteiger partial charge in [0.25, 0.3) is 0 Å². The Morgan fingerprint density at radius 1 is 1.30 bits per heavy atom. The second-order valence-corrected chi connectivity index (χ2v) is 7.03. The molecule has 1 rings (SSSR count). The van der Waals surface area contributed by atoms with E-state index in [9.17, 15) is 17.8 Å². The average Bonchev–Trinajstić information content (AvgIpc) is 2.66. The van der Waals surface area contributed by atoms with Gasteiger partial charge in [-0.25, -0.2) is 8.42 Å². The van der Waals surface area contributed by atoms with E-state index in [4.69, 9.17) is 4.74 Å². The van der Waals surface area contributed by atoms with E-state index in [2.05, 4.69) is 31.3 Å². The van der Waals surface area contributed by atoms with Gasteiger partial charge in [0, 0.05) is 23.2 Å². The summed E-state index contributed by atoms with van der Waals surface area (Å²) in [6.07, 6.45) is 0. The minimum absolute atomic E-state index is 0.134. The third-order valence-corrected chi connectivity index (χ3v) is 3.56. The zero-order valence-corrected chi connectivity index (χ0v) is 13.5. The Labute approximate surface area is 123 Å². The lowest BCUT2D eigenvalue weighted by Gasteiger charge is -2.07. The van der Waals surface area contributed by atoms with Crippen molar-refractivity contribution >= 4 is 27.4 Å². The maximum atomic E-state index is 10.3. The molecule has 0 unspecified atom stereocenters. The number of ether oxygens (including phenoxy) is 1. The van der Waals surface area contributed by atoms with Crippen molar-refractivity contribution in [3.63, 3.8) is 0 Å². The van der Waals surface area contributed by atoms with Gasteiger partial charge in [-0.05, 0) is 26.0 Å². The number of aryl methyl sites for hydroxylation is 2. The minimum atomic E-state index is -4.19. The molecule has 0 atom stereocenters. The molecule has 20 heavy (non-hydrogen) atoms. The predicted octanol–water partition coefficient (Wildman–Crippen LogP) is 1.05. The molecule has 1 heterocycles. The smallest absolute Gasteiger partial charge is 0.216 e. The fraction of sp³-hybridized carbons (Fsp3) is 0.583. The fourth-order valence-electron chi connectivity index (χ4n) is 1.12. The summed E-state index contributed by atoms with van der Waals surface area (Å²) >= 11 is 1.84. The van der Waals surface area contributed by atoms with E-state index in [-0.39, 0.29) is 19.1 Å². The van der Waals surface area contributed by atoms with Gasteiger partial charge in [-0.3, -0.25) is 4.79 Å². The molecule has 6 nitrogen and oxygen atoms in total. The van der Waals surface area contributed by atoms with Gasteiger partial charge in [-0.15, -0.1) is 11.3 Å². The van der Waals surface area contributed by atoms with E-state index in [0.29, 0.717) is 6.54 Å². The summed E-state index contributed by atoms with van der Waals surface area (Å²) in [6, 6.07) is 4.28. The van der Waals surface area contributed by atoms with Crippen molar-refractivity contribution in [2.24, 2.45) is 0 Å². The van der Waals surface area contributed by atoms with Crippen molar-refractivity contribution in [2.75, 3.05) is 25.5 Å². The van der Waals surface area contributed by atoms with Crippen molar-refractivity contribution in [3.8, 4) is 0 Å². The topological polar surface area (TPSA) is 95.5 Å². The standard InChI is InChI=1S/C6H13NO5S.C6H8S/c1-6(8)7-2-3-12-4-5-13(9,10)11;1-5-3-4-6(2)7-5/h2-5H2,1H3,(H,7,8)(H,9,10,11);3-4H,1-2H3/p-1. The highest BCUT2D eigenvalue weighted by Gasteiger charge is 1.95. The third kappa shape index (κ3) is 13.5. The van der Waals surface area contributed by atoms with Crippen LogP contribution in [0.2, 0.25) is 0 Å². The normalized spacial score (nSPS) is 10.6. The van der Waals surface area contributed by atoms with E-state index < -0.39 is 15.9 Å². The van der Waals surface area contributed by atoms with Crippen molar-refractivity contribution < 1.29 is 22.5 Å². The van der Waals surface area contributed by atoms with Crippen LogP contribution in [0.3, 0.4) is 0 Å². The molecule has 1 aromatic rings. The highest BCUT2D eigenvalue weighted by molar-refractivity contribution is 7.85. The van der Waals surface area contributed by atoms with Crippen LogP contribution in [0.1, 0.15) is 16.7 Å². The van der Waals surface area contributed by atoms with Crippen LogP contribution in [0, 0.1) is 13.8 Å². The first-order valence-corrected chi connectivity index (χ1v) is 8.39. The molecule has 8 heteroatoms. The largest absolute Gasteiger partial charge is 0.748 e. The van der Waals surface area contributed by atoms with Crippen molar-refractivity contribution in [2.45, 2.75) is 20.8 Å². The molecule has 0 aromatic carbocycles. The summed E-state index contributed by atoms with van der Waals surface area (Å²) in [6.45, 7) is 5.99. The van der Waals surface area contributed by atoms with E-state index in [1.807, 2.05) is 11.3 Å².